The molecule has 2 atom stereocenters. The van der Waals surface area contributed by atoms with Gasteiger partial charge in [-0.2, -0.15) is 0 Å². The van der Waals surface area contributed by atoms with Crippen LogP contribution in [-0.4, -0.2) is 39.1 Å². The molecule has 7 nitrogen and oxygen atoms in total. The maximum Gasteiger partial charge on any atom is 0.315 e. The summed E-state index contributed by atoms with van der Waals surface area (Å²) < 4.78 is 39.2. The van der Waals surface area contributed by atoms with Crippen LogP contribution in [0.4, 0.5) is 5.69 Å². The summed E-state index contributed by atoms with van der Waals surface area (Å²) in [6.07, 6.45) is -1.06. The Balaban J connectivity index is 1.99. The van der Waals surface area contributed by atoms with Crippen LogP contribution in [0, 0.1) is 18.3 Å². The normalized spacial score (nSPS) is 18.7. The van der Waals surface area contributed by atoms with Gasteiger partial charge in [-0.25, -0.2) is 8.42 Å². The Hall–Kier alpha value is -2.58. The number of ether oxygens (including phenoxy) is 2. The lowest BCUT2D eigenvalue weighted by Gasteiger charge is -2.40. The highest BCUT2D eigenvalue weighted by atomic mass is 35.5. The standard InChI is InChI=1S/C22H24ClNO6S/c1-13-5-8-15(9-6-13)24-31(27,28)12-17-19(25)16-11-14(23)7-10-18(16)30-20(17)22(2,3)21(26)29-4/h5-11,17,20,24H,12H2,1-4H3. The van der Waals surface area contributed by atoms with E-state index < -0.39 is 45.0 Å². The number of Topliss-reactive ketones (excluding diaryl/α,β-unsaturated/α-hetero) is 1. The molecule has 9 heteroatoms. The summed E-state index contributed by atoms with van der Waals surface area (Å²) in [5, 5.41) is 0.320. The second-order valence-electron chi connectivity index (χ2n) is 8.11. The van der Waals surface area contributed by atoms with Crippen molar-refractivity contribution in [1.29, 1.82) is 0 Å². The lowest BCUT2D eigenvalue weighted by Crippen LogP contribution is -2.53. The number of anilines is 1. The van der Waals surface area contributed by atoms with Crippen molar-refractivity contribution < 1.29 is 27.5 Å². The van der Waals surface area contributed by atoms with Gasteiger partial charge in [0.25, 0.3) is 0 Å². The van der Waals surface area contributed by atoms with Crippen LogP contribution in [-0.2, 0) is 19.6 Å². The molecule has 2 unspecified atom stereocenters. The number of sulfonamides is 1. The van der Waals surface area contributed by atoms with Gasteiger partial charge in [0.1, 0.15) is 11.9 Å². The molecule has 0 amide bonds. The number of rotatable bonds is 6. The summed E-state index contributed by atoms with van der Waals surface area (Å²) in [5.74, 6) is -2.55. The average molecular weight is 466 g/mol. The molecule has 2 aromatic rings. The fourth-order valence-electron chi connectivity index (χ4n) is 3.63. The first-order valence-corrected chi connectivity index (χ1v) is 11.6. The van der Waals surface area contributed by atoms with Crippen molar-refractivity contribution in [1.82, 2.24) is 0 Å². The second kappa shape index (κ2) is 8.51. The molecule has 0 aromatic heterocycles. The number of halogens is 1. The number of ketones is 1. The largest absolute Gasteiger partial charge is 0.488 e. The SMILES string of the molecule is COC(=O)C(C)(C)C1Oc2ccc(Cl)cc2C(=O)C1CS(=O)(=O)Nc1ccc(C)cc1. The third-order valence-electron chi connectivity index (χ3n) is 5.31. The van der Waals surface area contributed by atoms with Gasteiger partial charge in [-0.05, 0) is 51.1 Å². The van der Waals surface area contributed by atoms with Gasteiger partial charge in [-0.1, -0.05) is 29.3 Å². The third-order valence-corrected chi connectivity index (χ3v) is 6.89. The lowest BCUT2D eigenvalue weighted by atomic mass is 9.75. The first kappa shape index (κ1) is 23.1. The molecule has 1 aliphatic heterocycles. The minimum absolute atomic E-state index is 0.181. The van der Waals surface area contributed by atoms with Gasteiger partial charge in [0, 0.05) is 10.7 Å². The number of methoxy groups -OCH3 is 1. The highest BCUT2D eigenvalue weighted by molar-refractivity contribution is 7.92. The number of aryl methyl sites for hydroxylation is 1. The third kappa shape index (κ3) is 4.85. The van der Waals surface area contributed by atoms with E-state index in [0.29, 0.717) is 10.7 Å². The van der Waals surface area contributed by atoms with Gasteiger partial charge in [-0.3, -0.25) is 14.3 Å². The summed E-state index contributed by atoms with van der Waals surface area (Å²) in [6.45, 7) is 5.01. The van der Waals surface area contributed by atoms with Crippen LogP contribution in [0.1, 0.15) is 29.8 Å². The molecule has 1 N–H and O–H groups in total. The van der Waals surface area contributed by atoms with Crippen LogP contribution in [0.2, 0.25) is 5.02 Å². The Morgan fingerprint density at radius 3 is 2.45 bits per heavy atom. The average Bonchev–Trinajstić information content (AvgIpc) is 2.71. The minimum atomic E-state index is -3.95. The van der Waals surface area contributed by atoms with E-state index in [0.717, 1.165) is 5.56 Å². The summed E-state index contributed by atoms with van der Waals surface area (Å²) in [4.78, 5) is 25.8. The van der Waals surface area contributed by atoms with Crippen LogP contribution in [0.3, 0.4) is 0 Å². The van der Waals surface area contributed by atoms with Crippen LogP contribution in [0.25, 0.3) is 0 Å². The van der Waals surface area contributed by atoms with Crippen LogP contribution >= 0.6 is 11.6 Å². The highest BCUT2D eigenvalue weighted by Gasteiger charge is 2.51. The fraction of sp³-hybridized carbons (Fsp3) is 0.364. The molecule has 2 aromatic carbocycles. The Kier molecular flexibility index (Phi) is 6.34. The van der Waals surface area contributed by atoms with Gasteiger partial charge in [0.2, 0.25) is 10.0 Å². The van der Waals surface area contributed by atoms with Crippen LogP contribution in [0.5, 0.6) is 5.75 Å². The smallest absolute Gasteiger partial charge is 0.315 e. The Morgan fingerprint density at radius 1 is 1.19 bits per heavy atom. The molecular formula is C22H24ClNO6S. The maximum absolute atomic E-state index is 13.3. The maximum atomic E-state index is 13.3. The van der Waals surface area contributed by atoms with Crippen LogP contribution < -0.4 is 9.46 Å². The fourth-order valence-corrected chi connectivity index (χ4v) is 5.18. The molecule has 0 bridgehead atoms. The van der Waals surface area contributed by atoms with E-state index in [1.54, 1.807) is 44.2 Å². The Labute approximate surface area is 186 Å². The topological polar surface area (TPSA) is 98.8 Å². The molecule has 0 aliphatic carbocycles. The van der Waals surface area contributed by atoms with Crippen molar-refractivity contribution in [2.24, 2.45) is 11.3 Å². The first-order chi connectivity index (χ1) is 14.4. The van der Waals surface area contributed by atoms with E-state index in [2.05, 4.69) is 4.72 Å². The molecule has 0 saturated carbocycles. The lowest BCUT2D eigenvalue weighted by molar-refractivity contribution is -0.157. The molecule has 0 spiro atoms. The number of benzene rings is 2. The van der Waals surface area contributed by atoms with Gasteiger partial charge >= 0.3 is 5.97 Å². The van der Waals surface area contributed by atoms with Crippen LogP contribution in [0.15, 0.2) is 42.5 Å². The molecule has 166 valence electrons. The molecule has 1 aliphatic rings. The zero-order valence-corrected chi connectivity index (χ0v) is 19.2. The van der Waals surface area contributed by atoms with E-state index in [9.17, 15) is 18.0 Å². The molecule has 0 fully saturated rings. The van der Waals surface area contributed by atoms with Crippen molar-refractivity contribution >= 4 is 39.1 Å². The number of nitrogens with one attached hydrogen (secondary N) is 1. The number of carbonyl (C=O) groups is 2. The summed E-state index contributed by atoms with van der Waals surface area (Å²) in [5.41, 5.74) is 0.250. The predicted molar refractivity (Wildman–Crippen MR) is 118 cm³/mol. The van der Waals surface area contributed by atoms with Gasteiger partial charge in [0.15, 0.2) is 5.78 Å². The van der Waals surface area contributed by atoms with E-state index in [1.165, 1.54) is 19.2 Å². The molecule has 3 rings (SSSR count). The van der Waals surface area contributed by atoms with E-state index >= 15 is 0 Å². The zero-order chi connectivity index (χ0) is 23.0. The van der Waals surface area contributed by atoms with Crippen molar-refractivity contribution in [2.75, 3.05) is 17.6 Å². The Bertz CT molecular complexity index is 1110. The number of hydrogen-bond acceptors (Lipinski definition) is 6. The Morgan fingerprint density at radius 2 is 1.84 bits per heavy atom. The first-order valence-electron chi connectivity index (χ1n) is 9.60. The van der Waals surface area contributed by atoms with E-state index in [-0.39, 0.29) is 11.3 Å². The van der Waals surface area contributed by atoms with Crippen molar-refractivity contribution in [3.8, 4) is 5.75 Å². The minimum Gasteiger partial charge on any atom is -0.488 e. The quantitative estimate of drug-likeness (QED) is 0.650. The van der Waals surface area contributed by atoms with Gasteiger partial charge in [0.05, 0.1) is 29.8 Å². The molecule has 1 heterocycles. The number of carbonyl (C=O) groups excluding carboxylic acids is 2. The number of esters is 1. The highest BCUT2D eigenvalue weighted by Crippen LogP contribution is 2.40. The predicted octanol–water partition coefficient (Wildman–Crippen LogP) is 3.85. The summed E-state index contributed by atoms with van der Waals surface area (Å²) in [6, 6.07) is 11.3. The van der Waals surface area contributed by atoms with Crippen molar-refractivity contribution in [2.45, 2.75) is 26.9 Å². The molecule has 0 radical (unpaired) electrons. The molecular weight excluding hydrogens is 442 g/mol. The van der Waals surface area contributed by atoms with Gasteiger partial charge in [-0.15, -0.1) is 0 Å². The van der Waals surface area contributed by atoms with E-state index in [4.69, 9.17) is 21.1 Å². The summed E-state index contributed by atoms with van der Waals surface area (Å²) in [7, 11) is -2.72. The second-order valence-corrected chi connectivity index (χ2v) is 10.3. The summed E-state index contributed by atoms with van der Waals surface area (Å²) >= 11 is 6.03. The van der Waals surface area contributed by atoms with Crippen molar-refractivity contribution in [3.63, 3.8) is 0 Å². The van der Waals surface area contributed by atoms with Crippen molar-refractivity contribution in [3.05, 3.63) is 58.6 Å². The number of hydrogen-bond donors (Lipinski definition) is 1. The zero-order valence-electron chi connectivity index (χ0n) is 17.6. The van der Waals surface area contributed by atoms with E-state index in [1.807, 2.05) is 6.92 Å². The molecule has 31 heavy (non-hydrogen) atoms. The van der Waals surface area contributed by atoms with Gasteiger partial charge < -0.3 is 9.47 Å². The monoisotopic (exact) mass is 465 g/mol. The number of fused-ring (bicyclic) bond motifs is 1. The molecule has 0 saturated heterocycles.